The smallest absolute Gasteiger partial charge is 0.419 e. The summed E-state index contributed by atoms with van der Waals surface area (Å²) in [7, 11) is 2.92. The van der Waals surface area contributed by atoms with Crippen molar-refractivity contribution in [2.45, 2.75) is 6.18 Å². The number of morpholine rings is 1. The Bertz CT molecular complexity index is 1230. The molecular formula is C24H25F3N6O3. The van der Waals surface area contributed by atoms with Crippen molar-refractivity contribution < 1.29 is 27.4 Å². The average Bonchev–Trinajstić information content (AvgIpc) is 2.88. The van der Waals surface area contributed by atoms with Crippen LogP contribution in [-0.4, -0.2) is 56.3 Å². The van der Waals surface area contributed by atoms with E-state index in [2.05, 4.69) is 30.8 Å². The van der Waals surface area contributed by atoms with Crippen LogP contribution < -0.4 is 25.6 Å². The summed E-state index contributed by atoms with van der Waals surface area (Å²) in [6.45, 7) is 2.76. The van der Waals surface area contributed by atoms with Gasteiger partial charge in [-0.15, -0.1) is 0 Å². The van der Waals surface area contributed by atoms with Gasteiger partial charge in [0.15, 0.2) is 5.69 Å². The maximum absolute atomic E-state index is 13.7. The molecule has 1 aliphatic heterocycles. The number of alkyl halides is 3. The Hall–Kier alpha value is -4.06. The minimum absolute atomic E-state index is 0.0418. The lowest BCUT2D eigenvalue weighted by Crippen LogP contribution is -2.36. The molecule has 0 aliphatic carbocycles. The summed E-state index contributed by atoms with van der Waals surface area (Å²) < 4.78 is 52.1. The van der Waals surface area contributed by atoms with Crippen molar-refractivity contribution in [2.24, 2.45) is 0 Å². The van der Waals surface area contributed by atoms with Gasteiger partial charge in [-0.1, -0.05) is 0 Å². The third-order valence-corrected chi connectivity index (χ3v) is 5.55. The van der Waals surface area contributed by atoms with Crippen LogP contribution in [0, 0.1) is 0 Å². The molecule has 3 heterocycles. The lowest BCUT2D eigenvalue weighted by molar-refractivity contribution is -0.137. The molecule has 0 radical (unpaired) electrons. The third kappa shape index (κ3) is 5.60. The molecule has 0 atom stereocenters. The van der Waals surface area contributed by atoms with Crippen molar-refractivity contribution in [3.63, 3.8) is 0 Å². The Labute approximate surface area is 205 Å². The number of methoxy groups -OCH3 is 1. The first-order chi connectivity index (χ1) is 17.3. The summed E-state index contributed by atoms with van der Waals surface area (Å²) in [6, 6.07) is 9.73. The number of nitrogens with zero attached hydrogens (tertiary/aromatic N) is 3. The SMILES string of the molecule is CNC(=O)c1ncccc1Nc1cc(Nc2ccc(N3CCOCC3)cc2OC)ncc1C(F)(F)F. The molecule has 3 aromatic rings. The second kappa shape index (κ2) is 10.7. The summed E-state index contributed by atoms with van der Waals surface area (Å²) in [6.07, 6.45) is -2.57. The molecule has 4 rings (SSSR count). The molecule has 0 unspecified atom stereocenters. The van der Waals surface area contributed by atoms with Crippen LogP contribution in [0.15, 0.2) is 48.8 Å². The highest BCUT2D eigenvalue weighted by atomic mass is 19.4. The Morgan fingerprint density at radius 2 is 1.83 bits per heavy atom. The van der Waals surface area contributed by atoms with Gasteiger partial charge >= 0.3 is 6.18 Å². The Morgan fingerprint density at radius 1 is 1.06 bits per heavy atom. The topological polar surface area (TPSA) is 101 Å². The number of benzene rings is 1. The minimum Gasteiger partial charge on any atom is -0.494 e. The number of anilines is 5. The maximum Gasteiger partial charge on any atom is 0.419 e. The van der Waals surface area contributed by atoms with Crippen molar-refractivity contribution >= 4 is 34.5 Å². The molecule has 0 saturated carbocycles. The van der Waals surface area contributed by atoms with E-state index in [0.717, 1.165) is 25.0 Å². The monoisotopic (exact) mass is 502 g/mol. The fourth-order valence-corrected chi connectivity index (χ4v) is 3.74. The number of carbonyl (C=O) groups is 1. The Balaban J connectivity index is 1.66. The Kier molecular flexibility index (Phi) is 7.44. The van der Waals surface area contributed by atoms with Crippen molar-refractivity contribution in [1.82, 2.24) is 15.3 Å². The van der Waals surface area contributed by atoms with E-state index in [9.17, 15) is 18.0 Å². The number of pyridine rings is 2. The number of rotatable bonds is 7. The number of nitrogens with one attached hydrogen (secondary N) is 3. The second-order valence-electron chi connectivity index (χ2n) is 7.83. The highest BCUT2D eigenvalue weighted by molar-refractivity contribution is 5.98. The van der Waals surface area contributed by atoms with Crippen molar-refractivity contribution in [1.29, 1.82) is 0 Å². The average molecular weight is 502 g/mol. The van der Waals surface area contributed by atoms with Crippen LogP contribution in [0.1, 0.15) is 16.1 Å². The minimum atomic E-state index is -4.68. The molecule has 0 bridgehead atoms. The number of ether oxygens (including phenoxy) is 2. The van der Waals surface area contributed by atoms with E-state index >= 15 is 0 Å². The van der Waals surface area contributed by atoms with Crippen LogP contribution in [0.3, 0.4) is 0 Å². The van der Waals surface area contributed by atoms with Crippen molar-refractivity contribution in [3.05, 3.63) is 60.0 Å². The molecule has 1 aliphatic rings. The second-order valence-corrected chi connectivity index (χ2v) is 7.83. The van der Waals surface area contributed by atoms with E-state index in [4.69, 9.17) is 9.47 Å². The van der Waals surface area contributed by atoms with E-state index in [1.807, 2.05) is 12.1 Å². The highest BCUT2D eigenvalue weighted by Crippen LogP contribution is 2.38. The zero-order valence-electron chi connectivity index (χ0n) is 19.6. The van der Waals surface area contributed by atoms with Crippen LogP contribution >= 0.6 is 0 Å². The summed E-state index contributed by atoms with van der Waals surface area (Å²) in [4.78, 5) is 22.2. The van der Waals surface area contributed by atoms with Gasteiger partial charge in [0.05, 0.1) is 42.9 Å². The molecule has 1 aromatic carbocycles. The molecule has 3 N–H and O–H groups in total. The number of aromatic nitrogens is 2. The standard InChI is InChI=1S/C24H25F3N6O3/c1-28-23(34)22-18(4-3-7-29-22)31-19-13-21(30-14-16(19)24(25,26)27)32-17-6-5-15(12-20(17)35-2)33-8-10-36-11-9-33/h3-7,12-14H,8-11H2,1-2H3,(H,28,34)(H2,30,31,32). The van der Waals surface area contributed by atoms with E-state index in [1.54, 1.807) is 6.07 Å². The van der Waals surface area contributed by atoms with Crippen LogP contribution in [0.25, 0.3) is 0 Å². The number of hydrogen-bond acceptors (Lipinski definition) is 8. The quantitative estimate of drug-likeness (QED) is 0.442. The molecular weight excluding hydrogens is 477 g/mol. The van der Waals surface area contributed by atoms with Gasteiger partial charge in [0.2, 0.25) is 0 Å². The van der Waals surface area contributed by atoms with Crippen LogP contribution in [0.4, 0.5) is 41.7 Å². The van der Waals surface area contributed by atoms with Gasteiger partial charge in [0.25, 0.3) is 5.91 Å². The molecule has 2 aromatic heterocycles. The van der Waals surface area contributed by atoms with Crippen molar-refractivity contribution in [2.75, 3.05) is 56.0 Å². The van der Waals surface area contributed by atoms with Crippen LogP contribution in [0.5, 0.6) is 5.75 Å². The molecule has 9 nitrogen and oxygen atoms in total. The summed E-state index contributed by atoms with van der Waals surface area (Å²) in [5.41, 5.74) is 0.269. The van der Waals surface area contributed by atoms with Crippen molar-refractivity contribution in [3.8, 4) is 5.75 Å². The molecule has 1 saturated heterocycles. The summed E-state index contributed by atoms with van der Waals surface area (Å²) in [5, 5.41) is 8.15. The molecule has 36 heavy (non-hydrogen) atoms. The van der Waals surface area contributed by atoms with E-state index < -0.39 is 17.6 Å². The first-order valence-corrected chi connectivity index (χ1v) is 11.1. The first-order valence-electron chi connectivity index (χ1n) is 11.1. The highest BCUT2D eigenvalue weighted by Gasteiger charge is 2.34. The van der Waals surface area contributed by atoms with E-state index in [-0.39, 0.29) is 22.9 Å². The lowest BCUT2D eigenvalue weighted by Gasteiger charge is -2.29. The Morgan fingerprint density at radius 3 is 2.53 bits per heavy atom. The fraction of sp³-hybridized carbons (Fsp3) is 0.292. The molecule has 190 valence electrons. The zero-order chi connectivity index (χ0) is 25.7. The maximum atomic E-state index is 13.7. The number of amides is 1. The van der Waals surface area contributed by atoms with E-state index in [0.29, 0.717) is 24.7 Å². The number of hydrogen-bond donors (Lipinski definition) is 3. The zero-order valence-corrected chi connectivity index (χ0v) is 19.6. The largest absolute Gasteiger partial charge is 0.494 e. The van der Waals surface area contributed by atoms with Gasteiger partial charge in [0, 0.05) is 50.4 Å². The first kappa shape index (κ1) is 25.0. The van der Waals surface area contributed by atoms with Gasteiger partial charge in [-0.3, -0.25) is 4.79 Å². The van der Waals surface area contributed by atoms with Crippen LogP contribution in [-0.2, 0) is 10.9 Å². The van der Waals surface area contributed by atoms with Gasteiger partial charge < -0.3 is 30.3 Å². The summed E-state index contributed by atoms with van der Waals surface area (Å²) >= 11 is 0. The normalized spacial score (nSPS) is 13.8. The molecule has 1 fully saturated rings. The number of carbonyl (C=O) groups excluding carboxylic acids is 1. The van der Waals surface area contributed by atoms with Crippen LogP contribution in [0.2, 0.25) is 0 Å². The summed E-state index contributed by atoms with van der Waals surface area (Å²) in [5.74, 6) is 0.113. The molecule has 12 heteroatoms. The van der Waals surface area contributed by atoms with Gasteiger partial charge in [-0.2, -0.15) is 13.2 Å². The number of halogens is 3. The molecule has 0 spiro atoms. The predicted octanol–water partition coefficient (Wildman–Crippen LogP) is 4.19. The predicted molar refractivity (Wildman–Crippen MR) is 129 cm³/mol. The lowest BCUT2D eigenvalue weighted by atomic mass is 10.2. The van der Waals surface area contributed by atoms with Gasteiger partial charge in [-0.05, 0) is 24.3 Å². The van der Waals surface area contributed by atoms with Gasteiger partial charge in [-0.25, -0.2) is 9.97 Å². The van der Waals surface area contributed by atoms with E-state index in [1.165, 1.54) is 38.6 Å². The fourth-order valence-electron chi connectivity index (χ4n) is 3.74. The molecule has 1 amide bonds. The van der Waals surface area contributed by atoms with Gasteiger partial charge in [0.1, 0.15) is 11.6 Å². The third-order valence-electron chi connectivity index (χ3n) is 5.55.